The first-order valence-corrected chi connectivity index (χ1v) is 5.33. The van der Waals surface area contributed by atoms with E-state index in [-0.39, 0.29) is 10.6 Å². The zero-order valence-corrected chi connectivity index (χ0v) is 10.1. The monoisotopic (exact) mass is 288 g/mol. The summed E-state index contributed by atoms with van der Waals surface area (Å²) in [6, 6.07) is 1.81. The van der Waals surface area contributed by atoms with Gasteiger partial charge < -0.3 is 15.5 Å². The highest BCUT2D eigenvalue weighted by molar-refractivity contribution is 6.32. The summed E-state index contributed by atoms with van der Waals surface area (Å²) in [5.74, 6) is -2.28. The third-order valence-electron chi connectivity index (χ3n) is 2.19. The number of rotatable bonds is 5. The summed E-state index contributed by atoms with van der Waals surface area (Å²) >= 11 is 5.57. The molecular formula is C10H9ClN2O6. The van der Waals surface area contributed by atoms with Gasteiger partial charge in [-0.2, -0.15) is 0 Å². The highest BCUT2D eigenvalue weighted by Crippen LogP contribution is 2.24. The summed E-state index contributed by atoms with van der Waals surface area (Å²) < 4.78 is 0. The molecule has 0 bridgehead atoms. The number of aliphatic carboxylic acids is 1. The highest BCUT2D eigenvalue weighted by Gasteiger charge is 2.21. The topological polar surface area (TPSA) is 130 Å². The lowest BCUT2D eigenvalue weighted by Gasteiger charge is -2.11. The standard InChI is InChI=1S/C10H9ClN2O6/c11-6-2-1-5(3-8(6)13(18)19)9(15)12-7(4-14)10(16)17/h1-3,7,14H,4H2,(H,12,15)(H,16,17). The Hall–Kier alpha value is -2.19. The van der Waals surface area contributed by atoms with Crippen LogP contribution < -0.4 is 5.32 Å². The molecule has 9 heteroatoms. The van der Waals surface area contributed by atoms with Crippen LogP contribution in [0.3, 0.4) is 0 Å². The molecule has 0 heterocycles. The number of nitro groups is 1. The third kappa shape index (κ3) is 3.63. The fraction of sp³-hybridized carbons (Fsp3) is 0.200. The summed E-state index contributed by atoms with van der Waals surface area (Å²) in [6.45, 7) is -0.795. The number of amides is 1. The molecule has 19 heavy (non-hydrogen) atoms. The molecule has 3 N–H and O–H groups in total. The Morgan fingerprint density at radius 1 is 1.47 bits per heavy atom. The van der Waals surface area contributed by atoms with Crippen LogP contribution in [-0.4, -0.2) is 39.7 Å². The van der Waals surface area contributed by atoms with Gasteiger partial charge in [0, 0.05) is 11.6 Å². The Bertz CT molecular complexity index is 533. The van der Waals surface area contributed by atoms with Crippen LogP contribution in [0.2, 0.25) is 5.02 Å². The molecule has 0 aliphatic carbocycles. The Morgan fingerprint density at radius 3 is 2.58 bits per heavy atom. The fourth-order valence-electron chi connectivity index (χ4n) is 1.22. The minimum atomic E-state index is -1.48. The molecule has 1 amide bonds. The predicted molar refractivity (Wildman–Crippen MR) is 64.1 cm³/mol. The van der Waals surface area contributed by atoms with Crippen molar-refractivity contribution in [3.05, 3.63) is 38.9 Å². The second-order valence-electron chi connectivity index (χ2n) is 3.47. The van der Waals surface area contributed by atoms with E-state index in [0.717, 1.165) is 12.1 Å². The first-order valence-electron chi connectivity index (χ1n) is 4.95. The maximum atomic E-state index is 11.7. The van der Waals surface area contributed by atoms with E-state index in [2.05, 4.69) is 0 Å². The molecule has 0 aliphatic rings. The number of carboxylic acids is 1. The van der Waals surface area contributed by atoms with E-state index in [1.165, 1.54) is 6.07 Å². The molecule has 0 saturated heterocycles. The van der Waals surface area contributed by atoms with Gasteiger partial charge in [0.05, 0.1) is 11.5 Å². The van der Waals surface area contributed by atoms with Crippen LogP contribution >= 0.6 is 11.6 Å². The van der Waals surface area contributed by atoms with Gasteiger partial charge in [0.15, 0.2) is 6.04 Å². The van der Waals surface area contributed by atoms with Crippen LogP contribution in [0, 0.1) is 10.1 Å². The number of nitrogens with zero attached hydrogens (tertiary/aromatic N) is 1. The van der Waals surface area contributed by atoms with Gasteiger partial charge in [-0.05, 0) is 12.1 Å². The second-order valence-corrected chi connectivity index (χ2v) is 3.88. The average molecular weight is 289 g/mol. The number of carbonyl (C=O) groups is 2. The minimum Gasteiger partial charge on any atom is -0.480 e. The zero-order chi connectivity index (χ0) is 14.6. The lowest BCUT2D eigenvalue weighted by Crippen LogP contribution is -2.43. The van der Waals surface area contributed by atoms with Crippen LogP contribution in [0.1, 0.15) is 10.4 Å². The van der Waals surface area contributed by atoms with Crippen molar-refractivity contribution in [1.29, 1.82) is 0 Å². The summed E-state index contributed by atoms with van der Waals surface area (Å²) in [5.41, 5.74) is -0.596. The molecule has 1 aromatic rings. The van der Waals surface area contributed by atoms with Crippen molar-refractivity contribution in [2.24, 2.45) is 0 Å². The van der Waals surface area contributed by atoms with Crippen LogP contribution in [0.25, 0.3) is 0 Å². The van der Waals surface area contributed by atoms with Crippen molar-refractivity contribution >= 4 is 29.2 Å². The highest BCUT2D eigenvalue weighted by atomic mass is 35.5. The molecule has 102 valence electrons. The van der Waals surface area contributed by atoms with Crippen molar-refractivity contribution in [3.8, 4) is 0 Å². The van der Waals surface area contributed by atoms with E-state index >= 15 is 0 Å². The molecule has 1 aromatic carbocycles. The van der Waals surface area contributed by atoms with Crippen LogP contribution in [-0.2, 0) is 4.79 Å². The number of hydrogen-bond acceptors (Lipinski definition) is 5. The van der Waals surface area contributed by atoms with E-state index in [9.17, 15) is 19.7 Å². The van der Waals surface area contributed by atoms with E-state index in [1.807, 2.05) is 5.32 Å². The number of aliphatic hydroxyl groups excluding tert-OH is 1. The van der Waals surface area contributed by atoms with E-state index in [4.69, 9.17) is 21.8 Å². The maximum absolute atomic E-state index is 11.7. The predicted octanol–water partition coefficient (Wildman–Crippen LogP) is 0.424. The lowest BCUT2D eigenvalue weighted by molar-refractivity contribution is -0.384. The van der Waals surface area contributed by atoms with Crippen molar-refractivity contribution in [1.82, 2.24) is 5.32 Å². The number of hydrogen-bond donors (Lipinski definition) is 3. The number of carboxylic acid groups (broad SMARTS) is 1. The van der Waals surface area contributed by atoms with Crippen LogP contribution in [0.5, 0.6) is 0 Å². The van der Waals surface area contributed by atoms with Crippen LogP contribution in [0.15, 0.2) is 18.2 Å². The molecular weight excluding hydrogens is 280 g/mol. The molecule has 0 aromatic heterocycles. The van der Waals surface area contributed by atoms with Crippen molar-refractivity contribution in [3.63, 3.8) is 0 Å². The lowest BCUT2D eigenvalue weighted by atomic mass is 10.1. The van der Waals surface area contributed by atoms with Gasteiger partial charge in [-0.25, -0.2) is 4.79 Å². The maximum Gasteiger partial charge on any atom is 0.328 e. The third-order valence-corrected chi connectivity index (χ3v) is 2.51. The number of carbonyl (C=O) groups excluding carboxylic acids is 1. The SMILES string of the molecule is O=C(NC(CO)C(=O)O)c1ccc(Cl)c([N+](=O)[O-])c1. The Kier molecular flexibility index (Phi) is 4.79. The normalized spacial score (nSPS) is 11.7. The van der Waals surface area contributed by atoms with E-state index in [1.54, 1.807) is 0 Å². The van der Waals surface area contributed by atoms with Crippen LogP contribution in [0.4, 0.5) is 5.69 Å². The fourth-order valence-corrected chi connectivity index (χ4v) is 1.41. The molecule has 8 nitrogen and oxygen atoms in total. The van der Waals surface area contributed by atoms with Crippen molar-refractivity contribution in [2.75, 3.05) is 6.61 Å². The second kappa shape index (κ2) is 6.12. The Morgan fingerprint density at radius 2 is 2.11 bits per heavy atom. The quantitative estimate of drug-likeness (QED) is 0.532. The molecule has 0 radical (unpaired) electrons. The summed E-state index contributed by atoms with van der Waals surface area (Å²) in [5, 5.41) is 29.9. The number of halogens is 1. The van der Waals surface area contributed by atoms with Gasteiger partial charge in [0.2, 0.25) is 0 Å². The van der Waals surface area contributed by atoms with Gasteiger partial charge in [0.1, 0.15) is 5.02 Å². The first-order chi connectivity index (χ1) is 8.86. The molecule has 0 aliphatic heterocycles. The van der Waals surface area contributed by atoms with Gasteiger partial charge in [-0.3, -0.25) is 14.9 Å². The Labute approximate surface area is 111 Å². The van der Waals surface area contributed by atoms with Gasteiger partial charge in [-0.15, -0.1) is 0 Å². The number of nitro benzene ring substituents is 1. The van der Waals surface area contributed by atoms with E-state index in [0.29, 0.717) is 0 Å². The molecule has 1 unspecified atom stereocenters. The first kappa shape index (κ1) is 14.9. The summed E-state index contributed by atoms with van der Waals surface area (Å²) in [4.78, 5) is 32.2. The Balaban J connectivity index is 2.97. The molecule has 0 saturated carbocycles. The van der Waals surface area contributed by atoms with E-state index < -0.39 is 35.1 Å². The van der Waals surface area contributed by atoms with Crippen molar-refractivity contribution < 1.29 is 24.7 Å². The largest absolute Gasteiger partial charge is 0.480 e. The molecule has 1 atom stereocenters. The zero-order valence-electron chi connectivity index (χ0n) is 9.37. The summed E-state index contributed by atoms with van der Waals surface area (Å²) in [6.07, 6.45) is 0. The number of nitrogens with one attached hydrogen (secondary N) is 1. The molecule has 1 rings (SSSR count). The summed E-state index contributed by atoms with van der Waals surface area (Å²) in [7, 11) is 0. The number of benzene rings is 1. The van der Waals surface area contributed by atoms with Crippen molar-refractivity contribution in [2.45, 2.75) is 6.04 Å². The average Bonchev–Trinajstić information content (AvgIpc) is 2.35. The molecule has 0 fully saturated rings. The van der Waals surface area contributed by atoms with Gasteiger partial charge >= 0.3 is 5.97 Å². The minimum absolute atomic E-state index is 0.129. The number of aliphatic hydroxyl groups is 1. The van der Waals surface area contributed by atoms with Gasteiger partial charge in [-0.1, -0.05) is 11.6 Å². The van der Waals surface area contributed by atoms with Gasteiger partial charge in [0.25, 0.3) is 11.6 Å². The molecule has 0 spiro atoms. The smallest absolute Gasteiger partial charge is 0.328 e.